The summed E-state index contributed by atoms with van der Waals surface area (Å²) in [5.41, 5.74) is 13.0. The third kappa shape index (κ3) is 4.19. The molecular formula is C50H35B2N2OP. The van der Waals surface area contributed by atoms with Crippen LogP contribution in [-0.4, -0.2) is 22.6 Å². The zero-order chi connectivity index (χ0) is 37.1. The molecule has 12 rings (SSSR count). The van der Waals surface area contributed by atoms with Crippen molar-refractivity contribution in [2.24, 2.45) is 0 Å². The lowest BCUT2D eigenvalue weighted by atomic mass is 9.33. The van der Waals surface area contributed by atoms with E-state index in [0.717, 1.165) is 50.0 Å². The molecule has 0 spiro atoms. The van der Waals surface area contributed by atoms with Crippen molar-refractivity contribution in [3.63, 3.8) is 0 Å². The minimum Gasteiger partial charge on any atom is -0.341 e. The van der Waals surface area contributed by atoms with Crippen LogP contribution < -0.4 is 48.7 Å². The normalized spacial score (nSPS) is 15.7. The molecule has 0 aliphatic carbocycles. The lowest BCUT2D eigenvalue weighted by Gasteiger charge is -2.40. The van der Waals surface area contributed by atoms with Crippen LogP contribution in [0.1, 0.15) is 6.92 Å². The summed E-state index contributed by atoms with van der Waals surface area (Å²) < 4.78 is 21.2. The first-order valence-electron chi connectivity index (χ1n) is 19.7. The monoisotopic (exact) mass is 732 g/mol. The molecule has 1 atom stereocenters. The number of aromatic nitrogens is 2. The number of para-hydroxylation sites is 3. The van der Waals surface area contributed by atoms with Crippen LogP contribution in [0.15, 0.2) is 182 Å². The third-order valence-corrected chi connectivity index (χ3v) is 16.0. The summed E-state index contributed by atoms with van der Waals surface area (Å²) in [5.74, 6) is 0. The maximum atomic E-state index is 16.4. The fourth-order valence-electron chi connectivity index (χ4n) is 10.5. The van der Waals surface area contributed by atoms with Gasteiger partial charge in [-0.1, -0.05) is 178 Å². The van der Waals surface area contributed by atoms with Gasteiger partial charge in [-0.3, -0.25) is 0 Å². The molecule has 0 amide bonds. The number of aryl methyl sites for hydroxylation is 1. The first-order chi connectivity index (χ1) is 27.6. The molecule has 2 aromatic heterocycles. The SMILES string of the molecule is CCn1c2ccccc2c2ccc(B3c4ccccc4P4(=O)c5ccccc5B(c5ccc(-n6c7ccccc7c7ccccc76)cc5)c5cccc3c54)cc21. The molecule has 10 aromatic rings. The molecule has 2 aliphatic heterocycles. The molecule has 262 valence electrons. The van der Waals surface area contributed by atoms with E-state index < -0.39 is 7.14 Å². The van der Waals surface area contributed by atoms with E-state index in [1.165, 1.54) is 54.5 Å². The van der Waals surface area contributed by atoms with Crippen LogP contribution in [0.2, 0.25) is 0 Å². The van der Waals surface area contributed by atoms with Gasteiger partial charge in [0.15, 0.2) is 7.14 Å². The lowest BCUT2D eigenvalue weighted by Crippen LogP contribution is -2.74. The van der Waals surface area contributed by atoms with E-state index in [0.29, 0.717) is 0 Å². The Bertz CT molecular complexity index is 3250. The van der Waals surface area contributed by atoms with Gasteiger partial charge in [-0.05, 0) is 43.3 Å². The Morgan fingerprint density at radius 1 is 0.446 bits per heavy atom. The average molecular weight is 732 g/mol. The second-order valence-corrected chi connectivity index (χ2v) is 18.0. The molecule has 6 heteroatoms. The van der Waals surface area contributed by atoms with E-state index in [-0.39, 0.29) is 13.4 Å². The summed E-state index contributed by atoms with van der Waals surface area (Å²) in [6.07, 6.45) is 0. The molecule has 1 unspecified atom stereocenters. The highest BCUT2D eigenvalue weighted by molar-refractivity contribution is 7.88. The summed E-state index contributed by atoms with van der Waals surface area (Å²) in [5, 5.41) is 8.02. The molecule has 0 saturated heterocycles. The highest BCUT2D eigenvalue weighted by Gasteiger charge is 2.50. The van der Waals surface area contributed by atoms with E-state index in [1.807, 2.05) is 0 Å². The predicted molar refractivity (Wildman–Crippen MR) is 241 cm³/mol. The number of nitrogens with zero attached hydrogens (tertiary/aromatic N) is 2. The van der Waals surface area contributed by atoms with E-state index >= 15 is 4.57 Å². The molecule has 0 fully saturated rings. The lowest BCUT2D eigenvalue weighted by molar-refractivity contribution is 0.592. The number of hydrogen-bond acceptors (Lipinski definition) is 1. The summed E-state index contributed by atoms with van der Waals surface area (Å²) in [4.78, 5) is 0. The second-order valence-electron chi connectivity index (χ2n) is 15.4. The standard InChI is InChI=1S/C50H35B2N2OP/c1-2-53-44-21-8-3-14-36(44)39-31-28-34(32-47(39)53)52-41-18-7-12-25-49(41)56(55)48-24-11-6-17-40(48)51(42-19-13-20-43(52)50(42)56)33-26-29-35(30-27-33)54-45-22-9-4-15-37(45)38-16-5-10-23-46(38)54/h3-32H,2H2,1H3. The maximum Gasteiger partial charge on any atom is 0.243 e. The van der Waals surface area contributed by atoms with Gasteiger partial charge in [-0.25, -0.2) is 0 Å². The van der Waals surface area contributed by atoms with Gasteiger partial charge in [0.1, 0.15) is 0 Å². The molecule has 4 heterocycles. The number of hydrogen-bond donors (Lipinski definition) is 0. The van der Waals surface area contributed by atoms with E-state index in [1.54, 1.807) is 0 Å². The molecule has 2 aliphatic rings. The van der Waals surface area contributed by atoms with Gasteiger partial charge in [0.05, 0.1) is 11.0 Å². The smallest absolute Gasteiger partial charge is 0.243 e. The summed E-state index contributed by atoms with van der Waals surface area (Å²) in [6, 6.07) is 66.0. The first-order valence-corrected chi connectivity index (χ1v) is 21.4. The summed E-state index contributed by atoms with van der Waals surface area (Å²) in [6.45, 7) is 3.00. The van der Waals surface area contributed by atoms with Crippen molar-refractivity contribution in [2.75, 3.05) is 0 Å². The zero-order valence-electron chi connectivity index (χ0n) is 30.9. The van der Waals surface area contributed by atoms with Crippen molar-refractivity contribution >= 4 is 113 Å². The number of benzene rings is 8. The maximum absolute atomic E-state index is 16.4. The minimum atomic E-state index is -3.23. The van der Waals surface area contributed by atoms with Crippen molar-refractivity contribution in [2.45, 2.75) is 13.5 Å². The van der Waals surface area contributed by atoms with Gasteiger partial charge in [0.2, 0.25) is 13.4 Å². The molecule has 3 nitrogen and oxygen atoms in total. The van der Waals surface area contributed by atoms with E-state index in [2.05, 4.69) is 198 Å². The van der Waals surface area contributed by atoms with Gasteiger partial charge in [-0.2, -0.15) is 0 Å². The van der Waals surface area contributed by atoms with E-state index in [9.17, 15) is 0 Å². The molecule has 8 aromatic carbocycles. The Labute approximate surface area is 326 Å². The van der Waals surface area contributed by atoms with Crippen molar-refractivity contribution in [1.82, 2.24) is 9.13 Å². The minimum absolute atomic E-state index is 0.0560. The number of fused-ring (bicyclic) bond motifs is 10. The van der Waals surface area contributed by atoms with Gasteiger partial charge < -0.3 is 13.7 Å². The van der Waals surface area contributed by atoms with Crippen LogP contribution in [0, 0.1) is 0 Å². The van der Waals surface area contributed by atoms with Crippen LogP contribution in [0.4, 0.5) is 0 Å². The van der Waals surface area contributed by atoms with Crippen molar-refractivity contribution in [3.05, 3.63) is 182 Å². The predicted octanol–water partition coefficient (Wildman–Crippen LogP) is 6.21. The molecule has 0 N–H and O–H groups in total. The second kappa shape index (κ2) is 11.9. The van der Waals surface area contributed by atoms with Gasteiger partial charge in [0.25, 0.3) is 0 Å². The van der Waals surface area contributed by atoms with Crippen molar-refractivity contribution < 1.29 is 4.57 Å². The van der Waals surface area contributed by atoms with Crippen LogP contribution in [0.25, 0.3) is 49.3 Å². The van der Waals surface area contributed by atoms with Crippen molar-refractivity contribution in [1.29, 1.82) is 0 Å². The highest BCUT2D eigenvalue weighted by atomic mass is 31.2. The number of rotatable bonds is 4. The topological polar surface area (TPSA) is 26.9 Å². The van der Waals surface area contributed by atoms with Crippen LogP contribution >= 0.6 is 7.14 Å². The van der Waals surface area contributed by atoms with Gasteiger partial charge in [0, 0.05) is 60.7 Å². The molecular weight excluding hydrogens is 697 g/mol. The third-order valence-electron chi connectivity index (χ3n) is 12.7. The van der Waals surface area contributed by atoms with Gasteiger partial charge >= 0.3 is 0 Å². The Hall–Kier alpha value is -6.28. The average Bonchev–Trinajstić information content (AvgIpc) is 3.76. The summed E-state index contributed by atoms with van der Waals surface area (Å²) >= 11 is 0. The molecule has 56 heavy (non-hydrogen) atoms. The van der Waals surface area contributed by atoms with Gasteiger partial charge in [-0.15, -0.1) is 0 Å². The quantitative estimate of drug-likeness (QED) is 0.156. The Morgan fingerprint density at radius 2 is 0.911 bits per heavy atom. The Kier molecular flexibility index (Phi) is 6.78. The van der Waals surface area contributed by atoms with Crippen LogP contribution in [0.5, 0.6) is 0 Å². The van der Waals surface area contributed by atoms with Crippen LogP contribution in [0.3, 0.4) is 0 Å². The highest BCUT2D eigenvalue weighted by Crippen LogP contribution is 2.44. The van der Waals surface area contributed by atoms with E-state index in [4.69, 9.17) is 0 Å². The fraction of sp³-hybridized carbons (Fsp3) is 0.0400. The summed E-state index contributed by atoms with van der Waals surface area (Å²) in [7, 11) is -3.23. The molecule has 0 radical (unpaired) electrons. The largest absolute Gasteiger partial charge is 0.341 e. The first kappa shape index (κ1) is 32.0. The Morgan fingerprint density at radius 3 is 1.52 bits per heavy atom. The molecule has 0 bridgehead atoms. The Balaban J connectivity index is 1.07. The molecule has 0 saturated carbocycles. The zero-order valence-corrected chi connectivity index (χ0v) is 31.8. The van der Waals surface area contributed by atoms with Crippen molar-refractivity contribution in [3.8, 4) is 5.69 Å². The van der Waals surface area contributed by atoms with Crippen LogP contribution in [-0.2, 0) is 11.1 Å². The fourth-order valence-corrected chi connectivity index (χ4v) is 14.1.